The fourth-order valence-corrected chi connectivity index (χ4v) is 5.86. The van der Waals surface area contributed by atoms with Crippen LogP contribution in [0.4, 0.5) is 0 Å². The molecule has 1 aliphatic heterocycles. The van der Waals surface area contributed by atoms with Crippen LogP contribution < -0.4 is 0 Å². The monoisotopic (exact) mass is 406 g/mol. The Balaban J connectivity index is 1.41. The van der Waals surface area contributed by atoms with Crippen molar-refractivity contribution < 1.29 is 8.42 Å². The molecule has 2 aromatic carbocycles. The molecule has 29 heavy (non-hydrogen) atoms. The van der Waals surface area contributed by atoms with Crippen LogP contribution in [0.5, 0.6) is 0 Å². The predicted octanol–water partition coefficient (Wildman–Crippen LogP) is 4.43. The van der Waals surface area contributed by atoms with E-state index in [1.54, 1.807) is 11.2 Å². The third-order valence-electron chi connectivity index (χ3n) is 6.04. The van der Waals surface area contributed by atoms with E-state index in [-0.39, 0.29) is 0 Å². The van der Waals surface area contributed by atoms with E-state index in [9.17, 15) is 8.42 Å². The van der Waals surface area contributed by atoms with Gasteiger partial charge in [0.1, 0.15) is 0 Å². The second-order valence-electron chi connectivity index (χ2n) is 7.83. The third-order valence-corrected chi connectivity index (χ3v) is 8.29. The molecule has 1 aromatic heterocycles. The Morgan fingerprint density at radius 2 is 1.83 bits per heavy atom. The molecule has 1 saturated heterocycles. The first kappa shape index (κ1) is 19.8. The van der Waals surface area contributed by atoms with Crippen molar-refractivity contribution in [1.29, 1.82) is 0 Å². The maximum Gasteiger partial charge on any atom is 0.220 e. The molecule has 0 bridgehead atoms. The molecule has 1 aliphatic rings. The highest BCUT2D eigenvalue weighted by atomic mass is 32.2. The molecule has 1 fully saturated rings. The Kier molecular flexibility index (Phi) is 5.49. The molecule has 3 aromatic rings. The summed E-state index contributed by atoms with van der Waals surface area (Å²) in [6.45, 7) is 3.86. The van der Waals surface area contributed by atoms with Gasteiger partial charge in [-0.2, -0.15) is 0 Å². The fourth-order valence-electron chi connectivity index (χ4n) is 4.19. The number of sulfonamides is 1. The van der Waals surface area contributed by atoms with Gasteiger partial charge in [-0.3, -0.25) is 0 Å². The first-order valence-corrected chi connectivity index (χ1v) is 11.6. The minimum Gasteiger partial charge on any atom is -0.347 e. The van der Waals surface area contributed by atoms with E-state index in [0.29, 0.717) is 19.0 Å². The summed E-state index contributed by atoms with van der Waals surface area (Å²) in [6.07, 6.45) is 9.35. The Hall–Kier alpha value is -2.55. The lowest BCUT2D eigenvalue weighted by Crippen LogP contribution is -2.41. The topological polar surface area (TPSA) is 42.3 Å². The minimum atomic E-state index is -3.34. The summed E-state index contributed by atoms with van der Waals surface area (Å²) in [5.74, 6) is 3.15. The molecule has 4 rings (SSSR count). The molecule has 0 N–H and O–H groups in total. The summed E-state index contributed by atoms with van der Waals surface area (Å²) in [4.78, 5) is 0. The highest BCUT2D eigenvalue weighted by Gasteiger charge is 2.33. The van der Waals surface area contributed by atoms with Crippen molar-refractivity contribution in [3.8, 4) is 12.3 Å². The van der Waals surface area contributed by atoms with Crippen molar-refractivity contribution in [1.82, 2.24) is 8.87 Å². The second-order valence-corrected chi connectivity index (χ2v) is 10.1. The lowest BCUT2D eigenvalue weighted by Gasteiger charge is -2.33. The Bertz CT molecular complexity index is 1130. The number of fused-ring (bicyclic) bond motifs is 1. The van der Waals surface area contributed by atoms with Crippen molar-refractivity contribution in [3.63, 3.8) is 0 Å². The smallest absolute Gasteiger partial charge is 0.220 e. The molecule has 5 heteroatoms. The number of hydrogen-bond acceptors (Lipinski definition) is 2. The van der Waals surface area contributed by atoms with Gasteiger partial charge in [-0.05, 0) is 55.5 Å². The molecular weight excluding hydrogens is 380 g/mol. The first-order chi connectivity index (χ1) is 14.0. The quantitative estimate of drug-likeness (QED) is 0.589. The summed E-state index contributed by atoms with van der Waals surface area (Å²) >= 11 is 0. The zero-order chi connectivity index (χ0) is 20.4. The van der Waals surface area contributed by atoms with Crippen molar-refractivity contribution in [2.75, 3.05) is 13.1 Å². The summed E-state index contributed by atoms with van der Waals surface area (Å²) in [5, 5.41) is 0.635. The van der Waals surface area contributed by atoms with Gasteiger partial charge in [0.05, 0.1) is 5.25 Å². The maximum atomic E-state index is 13.0. The highest BCUT2D eigenvalue weighted by molar-refractivity contribution is 7.89. The molecule has 0 radical (unpaired) electrons. The van der Waals surface area contributed by atoms with Gasteiger partial charge in [-0.1, -0.05) is 36.3 Å². The normalized spacial score (nSPS) is 17.2. The van der Waals surface area contributed by atoms with Gasteiger partial charge in [0.2, 0.25) is 10.0 Å². The van der Waals surface area contributed by atoms with E-state index in [2.05, 4.69) is 28.8 Å². The van der Waals surface area contributed by atoms with E-state index in [1.807, 2.05) is 42.5 Å². The summed E-state index contributed by atoms with van der Waals surface area (Å²) in [6, 6.07) is 17.6. The zero-order valence-corrected chi connectivity index (χ0v) is 17.5. The van der Waals surface area contributed by atoms with E-state index in [0.717, 1.165) is 35.9 Å². The average molecular weight is 407 g/mol. The molecule has 0 aliphatic carbocycles. The molecule has 0 amide bonds. The van der Waals surface area contributed by atoms with Crippen LogP contribution in [0.2, 0.25) is 0 Å². The van der Waals surface area contributed by atoms with Gasteiger partial charge in [0.25, 0.3) is 0 Å². The Morgan fingerprint density at radius 1 is 1.10 bits per heavy atom. The molecular formula is C24H26N2O2S. The number of terminal acetylenes is 1. The Morgan fingerprint density at radius 3 is 2.52 bits per heavy atom. The van der Waals surface area contributed by atoms with Gasteiger partial charge in [0, 0.05) is 42.3 Å². The number of rotatable bonds is 5. The minimum absolute atomic E-state index is 0.469. The fraction of sp³-hybridized carbons (Fsp3) is 0.333. The van der Waals surface area contributed by atoms with Crippen LogP contribution in [0.3, 0.4) is 0 Å². The molecule has 1 unspecified atom stereocenters. The van der Waals surface area contributed by atoms with Crippen LogP contribution in [0, 0.1) is 18.3 Å². The van der Waals surface area contributed by atoms with Crippen LogP contribution >= 0.6 is 0 Å². The van der Waals surface area contributed by atoms with Gasteiger partial charge in [-0.15, -0.1) is 6.42 Å². The molecule has 2 heterocycles. The largest absolute Gasteiger partial charge is 0.347 e. The predicted molar refractivity (Wildman–Crippen MR) is 118 cm³/mol. The lowest BCUT2D eigenvalue weighted by molar-refractivity contribution is 0.253. The lowest BCUT2D eigenvalue weighted by atomic mass is 9.98. The molecule has 1 atom stereocenters. The van der Waals surface area contributed by atoms with Crippen LogP contribution in [-0.4, -0.2) is 30.4 Å². The van der Waals surface area contributed by atoms with Gasteiger partial charge >= 0.3 is 0 Å². The van der Waals surface area contributed by atoms with Crippen molar-refractivity contribution in [2.45, 2.75) is 31.6 Å². The van der Waals surface area contributed by atoms with Crippen molar-refractivity contribution in [3.05, 3.63) is 71.9 Å². The van der Waals surface area contributed by atoms with Gasteiger partial charge in [-0.25, -0.2) is 12.7 Å². The Labute approximate surface area is 173 Å². The van der Waals surface area contributed by atoms with E-state index in [1.165, 1.54) is 5.52 Å². The maximum absolute atomic E-state index is 13.0. The number of hydrogen-bond donors (Lipinski definition) is 0. The molecule has 150 valence electrons. The highest BCUT2D eigenvalue weighted by Crippen LogP contribution is 2.30. The van der Waals surface area contributed by atoms with E-state index >= 15 is 0 Å². The second kappa shape index (κ2) is 8.06. The van der Waals surface area contributed by atoms with Crippen molar-refractivity contribution in [2.24, 2.45) is 5.92 Å². The summed E-state index contributed by atoms with van der Waals surface area (Å²) in [7, 11) is -3.34. The van der Waals surface area contributed by atoms with Gasteiger partial charge in [0.15, 0.2) is 0 Å². The van der Waals surface area contributed by atoms with Gasteiger partial charge < -0.3 is 4.57 Å². The van der Waals surface area contributed by atoms with Crippen LogP contribution in [0.25, 0.3) is 10.9 Å². The van der Waals surface area contributed by atoms with E-state index < -0.39 is 15.3 Å². The number of nitrogens with zero attached hydrogens (tertiary/aromatic N) is 2. The number of aromatic nitrogens is 1. The molecule has 4 nitrogen and oxygen atoms in total. The number of piperidine rings is 1. The molecule has 0 spiro atoms. The standard InChI is InChI=1S/C24H26N2O2S/c1-3-20-9-10-24-23(17-20)13-14-25(24)18-21-11-15-26(16-12-21)29(27,28)19(2)22-7-5-4-6-8-22/h1,4-10,13-14,17,19,21H,11-12,15-16,18H2,2H3. The first-order valence-electron chi connectivity index (χ1n) is 10.1. The van der Waals surface area contributed by atoms with E-state index in [4.69, 9.17) is 6.42 Å². The average Bonchev–Trinajstić information content (AvgIpc) is 3.16. The van der Waals surface area contributed by atoms with Crippen LogP contribution in [-0.2, 0) is 16.6 Å². The molecule has 0 saturated carbocycles. The van der Waals surface area contributed by atoms with Crippen LogP contribution in [0.1, 0.15) is 36.1 Å². The van der Waals surface area contributed by atoms with Crippen LogP contribution in [0.15, 0.2) is 60.8 Å². The SMILES string of the molecule is C#Cc1ccc2c(ccn2CC2CCN(S(=O)(=O)C(C)c3ccccc3)CC2)c1. The number of benzene rings is 2. The zero-order valence-electron chi connectivity index (χ0n) is 16.7. The van der Waals surface area contributed by atoms with Crippen molar-refractivity contribution >= 4 is 20.9 Å². The third kappa shape index (κ3) is 3.96. The summed E-state index contributed by atoms with van der Waals surface area (Å²) < 4.78 is 30.0. The summed E-state index contributed by atoms with van der Waals surface area (Å²) in [5.41, 5.74) is 2.91.